The van der Waals surface area contributed by atoms with E-state index in [2.05, 4.69) is 5.32 Å². The lowest BCUT2D eigenvalue weighted by Gasteiger charge is -2.32. The summed E-state index contributed by atoms with van der Waals surface area (Å²) >= 11 is 1.52. The van der Waals surface area contributed by atoms with Crippen LogP contribution in [0.4, 0.5) is 10.1 Å². The van der Waals surface area contributed by atoms with Crippen LogP contribution >= 0.6 is 11.8 Å². The molecule has 0 radical (unpaired) electrons. The maximum atomic E-state index is 14.5. The number of carbonyl (C=O) groups excluding carboxylic acids is 3. The second kappa shape index (κ2) is 8.47. The number of amides is 2. The molecule has 0 saturated carbocycles. The Morgan fingerprint density at radius 1 is 1.26 bits per heavy atom. The molecule has 3 heterocycles. The van der Waals surface area contributed by atoms with Gasteiger partial charge in [0.1, 0.15) is 17.1 Å². The number of ether oxygens (including phenoxy) is 1. The number of benzene rings is 1. The Kier molecular flexibility index (Phi) is 5.90. The maximum Gasteiger partial charge on any atom is 0.327 e. The molecule has 0 bridgehead atoms. The minimum Gasteiger partial charge on any atom is -0.468 e. The molecule has 0 spiro atoms. The van der Waals surface area contributed by atoms with Crippen LogP contribution in [0.3, 0.4) is 0 Å². The normalized spacial score (nSPS) is 27.6. The van der Waals surface area contributed by atoms with E-state index in [0.717, 1.165) is 4.90 Å². The molecule has 2 aliphatic heterocycles. The van der Waals surface area contributed by atoms with Gasteiger partial charge in [-0.15, -0.1) is 0 Å². The minimum absolute atomic E-state index is 0.118. The maximum absolute atomic E-state index is 14.5. The molecule has 31 heavy (non-hydrogen) atoms. The number of carbonyl (C=O) groups is 3. The van der Waals surface area contributed by atoms with Crippen LogP contribution in [-0.2, 0) is 19.1 Å². The zero-order valence-electron chi connectivity index (χ0n) is 17.2. The van der Waals surface area contributed by atoms with E-state index in [1.165, 1.54) is 36.2 Å². The number of para-hydroxylation sites is 1. The molecule has 0 aliphatic carbocycles. The lowest BCUT2D eigenvalue weighted by molar-refractivity contribution is -0.154. The van der Waals surface area contributed by atoms with Crippen molar-refractivity contribution in [1.29, 1.82) is 0 Å². The number of nitrogens with one attached hydrogen (secondary N) is 1. The van der Waals surface area contributed by atoms with Crippen LogP contribution in [0.15, 0.2) is 47.1 Å². The minimum atomic E-state index is -1.42. The van der Waals surface area contributed by atoms with Crippen LogP contribution in [0.2, 0.25) is 0 Å². The molecule has 0 unspecified atom stereocenters. The quantitative estimate of drug-likeness (QED) is 0.517. The van der Waals surface area contributed by atoms with Crippen LogP contribution in [0.1, 0.15) is 25.1 Å². The van der Waals surface area contributed by atoms with Crippen LogP contribution in [0.25, 0.3) is 0 Å². The Morgan fingerprint density at radius 2 is 2.03 bits per heavy atom. The first kappa shape index (κ1) is 21.6. The second-order valence-electron chi connectivity index (χ2n) is 7.54. The molecule has 2 saturated heterocycles. The number of furan rings is 1. The molecular weight excluding hydrogens is 423 g/mol. The number of rotatable bonds is 7. The van der Waals surface area contributed by atoms with Gasteiger partial charge in [-0.05, 0) is 49.6 Å². The Morgan fingerprint density at radius 3 is 2.68 bits per heavy atom. The van der Waals surface area contributed by atoms with Gasteiger partial charge in [0, 0.05) is 0 Å². The monoisotopic (exact) mass is 446 g/mol. The first-order chi connectivity index (χ1) is 15.0. The van der Waals surface area contributed by atoms with Gasteiger partial charge >= 0.3 is 5.97 Å². The highest BCUT2D eigenvalue weighted by Crippen LogP contribution is 2.51. The summed E-state index contributed by atoms with van der Waals surface area (Å²) < 4.78 is 25.4. The van der Waals surface area contributed by atoms with E-state index < -0.39 is 47.0 Å². The van der Waals surface area contributed by atoms with Crippen molar-refractivity contribution in [2.24, 2.45) is 11.8 Å². The number of anilines is 1. The predicted octanol–water partition coefficient (Wildman–Crippen LogP) is 2.92. The van der Waals surface area contributed by atoms with E-state index in [4.69, 9.17) is 9.15 Å². The summed E-state index contributed by atoms with van der Waals surface area (Å²) in [5, 5.41) is 3.23. The van der Waals surface area contributed by atoms with E-state index in [1.54, 1.807) is 25.1 Å². The van der Waals surface area contributed by atoms with Gasteiger partial charge < -0.3 is 9.15 Å². The Bertz CT molecular complexity index is 998. The first-order valence-corrected chi connectivity index (χ1v) is 11.4. The highest BCUT2D eigenvalue weighted by molar-refractivity contribution is 7.98. The van der Waals surface area contributed by atoms with Crippen molar-refractivity contribution >= 4 is 35.2 Å². The fraction of sp³-hybridized carbons (Fsp3) is 0.409. The van der Waals surface area contributed by atoms with Crippen molar-refractivity contribution in [2.45, 2.75) is 24.9 Å². The molecule has 1 aromatic carbocycles. The fourth-order valence-electron chi connectivity index (χ4n) is 4.63. The van der Waals surface area contributed by atoms with Crippen LogP contribution < -0.4 is 10.2 Å². The van der Waals surface area contributed by atoms with Crippen molar-refractivity contribution < 1.29 is 27.9 Å². The highest BCUT2D eigenvalue weighted by atomic mass is 32.2. The zero-order valence-corrected chi connectivity index (χ0v) is 18.0. The molecule has 4 rings (SSSR count). The summed E-state index contributed by atoms with van der Waals surface area (Å²) in [6, 6.07) is 8.26. The van der Waals surface area contributed by atoms with E-state index >= 15 is 0 Å². The zero-order chi connectivity index (χ0) is 22.2. The number of fused-ring (bicyclic) bond motifs is 1. The molecule has 4 atom stereocenters. The van der Waals surface area contributed by atoms with Crippen molar-refractivity contribution in [3.63, 3.8) is 0 Å². The lowest BCUT2D eigenvalue weighted by Crippen LogP contribution is -2.57. The number of halogens is 1. The molecule has 1 N–H and O–H groups in total. The molecule has 9 heteroatoms. The molecule has 2 amide bonds. The van der Waals surface area contributed by atoms with Gasteiger partial charge in [-0.2, -0.15) is 11.8 Å². The third kappa shape index (κ3) is 3.36. The third-order valence-electron chi connectivity index (χ3n) is 5.94. The number of esters is 1. The van der Waals surface area contributed by atoms with E-state index in [9.17, 15) is 18.8 Å². The number of hydrogen-bond acceptors (Lipinski definition) is 7. The van der Waals surface area contributed by atoms with E-state index in [1.807, 2.05) is 6.26 Å². The van der Waals surface area contributed by atoms with Crippen LogP contribution in [0.5, 0.6) is 0 Å². The average Bonchev–Trinajstić information content (AvgIpc) is 3.45. The Hall–Kier alpha value is -2.65. The average molecular weight is 447 g/mol. The summed E-state index contributed by atoms with van der Waals surface area (Å²) in [5.74, 6) is -3.43. The van der Waals surface area contributed by atoms with Crippen LogP contribution in [0, 0.1) is 17.7 Å². The van der Waals surface area contributed by atoms with E-state index in [0.29, 0.717) is 11.5 Å². The second-order valence-corrected chi connectivity index (χ2v) is 8.52. The molecular formula is C22H23FN2O5S. The lowest BCUT2D eigenvalue weighted by atomic mass is 9.78. The standard InChI is InChI=1S/C22H23FN2O5S/c1-3-29-21(28)22(10-12-31-2)17-16(18(24-22)15-9-6-11-30-15)19(26)25(20(17)27)14-8-5-4-7-13(14)23/h4-9,11,16-18,24H,3,10,12H2,1-2H3/t16-,17-,18+,22+/m0/s1. The van der Waals surface area contributed by atoms with Crippen molar-refractivity contribution in [3.05, 3.63) is 54.2 Å². The molecule has 2 fully saturated rings. The molecule has 164 valence electrons. The Labute approximate surface area is 183 Å². The van der Waals surface area contributed by atoms with Gasteiger partial charge in [0.2, 0.25) is 11.8 Å². The third-order valence-corrected chi connectivity index (χ3v) is 6.55. The van der Waals surface area contributed by atoms with Crippen LogP contribution in [-0.4, -0.2) is 41.9 Å². The topological polar surface area (TPSA) is 88.8 Å². The molecule has 2 aromatic rings. The molecule has 2 aliphatic rings. The number of imide groups is 1. The fourth-order valence-corrected chi connectivity index (χ4v) is 5.15. The van der Waals surface area contributed by atoms with Gasteiger partial charge in [0.15, 0.2) is 0 Å². The van der Waals surface area contributed by atoms with Crippen molar-refractivity contribution in [3.8, 4) is 0 Å². The highest BCUT2D eigenvalue weighted by Gasteiger charge is 2.69. The van der Waals surface area contributed by atoms with E-state index in [-0.39, 0.29) is 18.7 Å². The van der Waals surface area contributed by atoms with Crippen molar-refractivity contribution in [1.82, 2.24) is 5.32 Å². The summed E-state index contributed by atoms with van der Waals surface area (Å²) in [6.07, 6.45) is 3.63. The smallest absolute Gasteiger partial charge is 0.327 e. The first-order valence-electron chi connectivity index (χ1n) is 10.1. The van der Waals surface area contributed by atoms with Crippen molar-refractivity contribution in [2.75, 3.05) is 23.5 Å². The molecule has 1 aromatic heterocycles. The SMILES string of the molecule is CCOC(=O)[C@]1(CCSC)N[C@H](c2ccco2)[C@H]2C(=O)N(c3ccccc3F)C(=O)[C@H]21. The largest absolute Gasteiger partial charge is 0.468 e. The molecule has 7 nitrogen and oxygen atoms in total. The number of nitrogens with zero attached hydrogens (tertiary/aromatic N) is 1. The number of thioether (sulfide) groups is 1. The van der Waals surface area contributed by atoms with Gasteiger partial charge in [0.25, 0.3) is 0 Å². The number of hydrogen-bond donors (Lipinski definition) is 1. The van der Waals surface area contributed by atoms with Gasteiger partial charge in [0.05, 0.1) is 36.4 Å². The predicted molar refractivity (Wildman–Crippen MR) is 113 cm³/mol. The van der Waals surface area contributed by atoms with Gasteiger partial charge in [-0.1, -0.05) is 12.1 Å². The summed E-state index contributed by atoms with van der Waals surface area (Å²) in [7, 11) is 0. The van der Waals surface area contributed by atoms with Gasteiger partial charge in [-0.3, -0.25) is 19.7 Å². The Balaban J connectivity index is 1.85. The summed E-state index contributed by atoms with van der Waals surface area (Å²) in [5.41, 5.74) is -1.54. The summed E-state index contributed by atoms with van der Waals surface area (Å²) in [6.45, 7) is 1.81. The van der Waals surface area contributed by atoms with Gasteiger partial charge in [-0.25, -0.2) is 9.29 Å². The summed E-state index contributed by atoms with van der Waals surface area (Å²) in [4.78, 5) is 41.2.